The third-order valence-electron chi connectivity index (χ3n) is 4.85. The topological polar surface area (TPSA) is 130 Å². The lowest BCUT2D eigenvalue weighted by Gasteiger charge is -2.27. The minimum absolute atomic E-state index is 0.0210. The molecule has 0 fully saturated rings. The maximum absolute atomic E-state index is 13.5. The number of nitro groups is 1. The number of hydrazone groups is 1. The van der Waals surface area contributed by atoms with Crippen molar-refractivity contribution >= 4 is 44.7 Å². The summed E-state index contributed by atoms with van der Waals surface area (Å²) in [7, 11) is 1.56. The highest BCUT2D eigenvalue weighted by Gasteiger charge is 2.33. The van der Waals surface area contributed by atoms with E-state index in [1.807, 2.05) is 0 Å². The zero-order chi connectivity index (χ0) is 23.7. The number of hydrogen-bond donors (Lipinski definition) is 0. The van der Waals surface area contributed by atoms with E-state index >= 15 is 0 Å². The number of carbonyl (C=O) groups is 1. The van der Waals surface area contributed by atoms with Crippen LogP contribution in [0.1, 0.15) is 5.76 Å². The van der Waals surface area contributed by atoms with Gasteiger partial charge in [0.1, 0.15) is 17.3 Å². The first-order chi connectivity index (χ1) is 16.5. The summed E-state index contributed by atoms with van der Waals surface area (Å²) >= 11 is 1.22. The molecule has 11 nitrogen and oxygen atoms in total. The third kappa shape index (κ3) is 4.13. The number of benzene rings is 2. The molecule has 0 bridgehead atoms. The Morgan fingerprint density at radius 1 is 1.26 bits per heavy atom. The van der Waals surface area contributed by atoms with Crippen LogP contribution in [0.3, 0.4) is 0 Å². The Bertz CT molecular complexity index is 1410. The van der Waals surface area contributed by atoms with Gasteiger partial charge in [0.05, 0.1) is 29.6 Å². The van der Waals surface area contributed by atoms with Gasteiger partial charge in [0.15, 0.2) is 17.3 Å². The molecule has 1 aliphatic heterocycles. The number of ether oxygens (including phenoxy) is 3. The molecule has 3 heterocycles. The Labute approximate surface area is 195 Å². The molecule has 4 aromatic rings. The largest absolute Gasteiger partial charge is 0.497 e. The van der Waals surface area contributed by atoms with E-state index in [0.717, 1.165) is 9.71 Å². The van der Waals surface area contributed by atoms with Crippen LogP contribution in [0, 0.1) is 10.1 Å². The van der Waals surface area contributed by atoms with Gasteiger partial charge in [0.25, 0.3) is 5.91 Å². The number of furan rings is 1. The van der Waals surface area contributed by atoms with E-state index in [4.69, 9.17) is 18.6 Å². The summed E-state index contributed by atoms with van der Waals surface area (Å²) in [5, 5.41) is 16.5. The van der Waals surface area contributed by atoms with Crippen molar-refractivity contribution in [1.29, 1.82) is 0 Å². The second kappa shape index (κ2) is 8.83. The van der Waals surface area contributed by atoms with Crippen LogP contribution in [0.4, 0.5) is 11.0 Å². The lowest BCUT2D eigenvalue weighted by Crippen LogP contribution is -2.44. The molecule has 34 heavy (non-hydrogen) atoms. The van der Waals surface area contributed by atoms with Crippen molar-refractivity contribution in [2.24, 2.45) is 5.10 Å². The molecule has 0 saturated carbocycles. The lowest BCUT2D eigenvalue weighted by atomic mass is 10.2. The van der Waals surface area contributed by atoms with Gasteiger partial charge in [-0.1, -0.05) is 23.5 Å². The summed E-state index contributed by atoms with van der Waals surface area (Å²) in [6.45, 7) is -0.0210. The zero-order valence-electron chi connectivity index (χ0n) is 17.6. The van der Waals surface area contributed by atoms with Gasteiger partial charge in [-0.05, 0) is 36.4 Å². The van der Waals surface area contributed by atoms with Gasteiger partial charge in [-0.25, -0.2) is 4.98 Å². The van der Waals surface area contributed by atoms with Crippen molar-refractivity contribution in [2.45, 2.75) is 6.10 Å². The van der Waals surface area contributed by atoms with Crippen LogP contribution in [0.5, 0.6) is 17.2 Å². The number of nitrogens with zero attached hydrogens (tertiary/aromatic N) is 4. The number of methoxy groups -OCH3 is 1. The molecule has 0 spiro atoms. The van der Waals surface area contributed by atoms with E-state index in [0.29, 0.717) is 22.8 Å². The smallest absolute Gasteiger partial charge is 0.433 e. The van der Waals surface area contributed by atoms with E-state index in [9.17, 15) is 14.9 Å². The fourth-order valence-electron chi connectivity index (χ4n) is 3.21. The lowest BCUT2D eigenvalue weighted by molar-refractivity contribution is -0.402. The standard InChI is InChI=1S/C22H16N4O7S/c1-30-13-6-8-15-19(10-13)34-22(24-15)25(23-11-14-7-9-20(32-14)26(28)29)21(27)18-12-31-16-4-2-3-5-17(16)33-18/h2-11,18H,12H2,1H3/b23-11+. The number of hydrogen-bond acceptors (Lipinski definition) is 10. The number of thiazole rings is 1. The number of rotatable bonds is 6. The van der Waals surface area contributed by atoms with Crippen LogP contribution in [0.2, 0.25) is 0 Å². The monoisotopic (exact) mass is 480 g/mol. The molecule has 1 aliphatic rings. The molecule has 5 rings (SSSR count). The Hall–Kier alpha value is -4.45. The molecule has 0 saturated heterocycles. The molecule has 12 heteroatoms. The maximum atomic E-state index is 13.5. The van der Waals surface area contributed by atoms with E-state index in [1.54, 1.807) is 49.6 Å². The number of carbonyl (C=O) groups excluding carboxylic acids is 1. The summed E-state index contributed by atoms with van der Waals surface area (Å²) in [6.07, 6.45) is 0.217. The number of para-hydroxylation sites is 2. The maximum Gasteiger partial charge on any atom is 0.433 e. The van der Waals surface area contributed by atoms with Crippen LogP contribution < -0.4 is 19.2 Å². The number of anilines is 1. The van der Waals surface area contributed by atoms with E-state index in [-0.39, 0.29) is 17.5 Å². The summed E-state index contributed by atoms with van der Waals surface area (Å²) in [5.74, 6) is 0.749. The normalized spacial score (nSPS) is 14.9. The Morgan fingerprint density at radius 3 is 2.85 bits per heavy atom. The number of amides is 1. The van der Waals surface area contributed by atoms with Crippen molar-refractivity contribution in [3.8, 4) is 17.2 Å². The first-order valence-electron chi connectivity index (χ1n) is 9.97. The van der Waals surface area contributed by atoms with Crippen LogP contribution in [-0.2, 0) is 4.79 Å². The minimum atomic E-state index is -0.987. The second-order valence-corrected chi connectivity index (χ2v) is 8.03. The molecular formula is C22H16N4O7S. The molecule has 172 valence electrons. The Kier molecular flexibility index (Phi) is 5.55. The van der Waals surface area contributed by atoms with Crippen LogP contribution in [-0.4, -0.2) is 41.8 Å². The van der Waals surface area contributed by atoms with Gasteiger partial charge >= 0.3 is 5.88 Å². The minimum Gasteiger partial charge on any atom is -0.497 e. The second-order valence-electron chi connectivity index (χ2n) is 7.02. The highest BCUT2D eigenvalue weighted by molar-refractivity contribution is 7.22. The fourth-order valence-corrected chi connectivity index (χ4v) is 4.17. The van der Waals surface area contributed by atoms with Crippen LogP contribution in [0.15, 0.2) is 64.1 Å². The molecule has 0 aliphatic carbocycles. The molecule has 1 unspecified atom stereocenters. The van der Waals surface area contributed by atoms with Crippen molar-refractivity contribution in [2.75, 3.05) is 18.7 Å². The predicted octanol–water partition coefficient (Wildman–Crippen LogP) is 4.01. The quantitative estimate of drug-likeness (QED) is 0.230. The highest BCUT2D eigenvalue weighted by Crippen LogP contribution is 2.34. The fraction of sp³-hybridized carbons (Fsp3) is 0.136. The van der Waals surface area contributed by atoms with Crippen LogP contribution >= 0.6 is 11.3 Å². The first-order valence-corrected chi connectivity index (χ1v) is 10.8. The summed E-state index contributed by atoms with van der Waals surface area (Å²) in [5.41, 5.74) is 0.647. The van der Waals surface area contributed by atoms with Gasteiger partial charge in [-0.2, -0.15) is 10.1 Å². The van der Waals surface area contributed by atoms with Gasteiger partial charge in [-0.15, -0.1) is 0 Å². The summed E-state index contributed by atoms with van der Waals surface area (Å²) < 4.78 is 22.7. The SMILES string of the molecule is COc1ccc2nc(N(/N=C/c3ccc([N+](=O)[O-])o3)C(=O)C3COc4ccccc4O3)sc2c1. The molecular weight excluding hydrogens is 464 g/mol. The predicted molar refractivity (Wildman–Crippen MR) is 123 cm³/mol. The molecule has 2 aromatic heterocycles. The molecule has 0 N–H and O–H groups in total. The molecule has 0 radical (unpaired) electrons. The van der Waals surface area contributed by atoms with Gasteiger partial charge in [-0.3, -0.25) is 14.9 Å². The molecule has 1 atom stereocenters. The Morgan fingerprint density at radius 2 is 2.09 bits per heavy atom. The van der Waals surface area contributed by atoms with Crippen molar-refractivity contribution < 1.29 is 28.3 Å². The van der Waals surface area contributed by atoms with Crippen molar-refractivity contribution in [3.05, 3.63) is 70.5 Å². The van der Waals surface area contributed by atoms with Gasteiger partial charge in [0.2, 0.25) is 11.2 Å². The summed E-state index contributed by atoms with van der Waals surface area (Å²) in [6, 6.07) is 14.9. The molecule has 1 amide bonds. The third-order valence-corrected chi connectivity index (χ3v) is 5.84. The van der Waals surface area contributed by atoms with E-state index in [1.165, 1.54) is 29.7 Å². The van der Waals surface area contributed by atoms with Crippen molar-refractivity contribution in [1.82, 2.24) is 4.98 Å². The molecule has 2 aromatic carbocycles. The summed E-state index contributed by atoms with van der Waals surface area (Å²) in [4.78, 5) is 28.2. The average molecular weight is 480 g/mol. The number of fused-ring (bicyclic) bond motifs is 2. The highest BCUT2D eigenvalue weighted by atomic mass is 32.1. The first kappa shape index (κ1) is 21.4. The Balaban J connectivity index is 1.49. The van der Waals surface area contributed by atoms with Crippen LogP contribution in [0.25, 0.3) is 10.2 Å². The van der Waals surface area contributed by atoms with Gasteiger partial charge in [0, 0.05) is 0 Å². The van der Waals surface area contributed by atoms with E-state index in [2.05, 4.69) is 10.1 Å². The zero-order valence-corrected chi connectivity index (χ0v) is 18.4. The van der Waals surface area contributed by atoms with E-state index < -0.39 is 22.8 Å². The van der Waals surface area contributed by atoms with Crippen molar-refractivity contribution in [3.63, 3.8) is 0 Å². The average Bonchev–Trinajstić information content (AvgIpc) is 3.50. The number of aromatic nitrogens is 1. The van der Waals surface area contributed by atoms with Gasteiger partial charge < -0.3 is 18.6 Å².